The Bertz CT molecular complexity index is 1990. The number of pyridine rings is 1. The molecule has 3 amide bonds. The van der Waals surface area contributed by atoms with Crippen LogP contribution in [0.2, 0.25) is 5.02 Å². The first-order valence-electron chi connectivity index (χ1n) is 16.5. The van der Waals surface area contributed by atoms with Crippen molar-refractivity contribution >= 4 is 70.5 Å². The molecular formula is C35H40ClFN9O4P. The number of amides is 3. The van der Waals surface area contributed by atoms with Crippen LogP contribution in [0.1, 0.15) is 24.8 Å². The van der Waals surface area contributed by atoms with Crippen LogP contribution in [-0.4, -0.2) is 85.0 Å². The number of nitrogens with one attached hydrogen (secondary N) is 3. The molecule has 0 aliphatic carbocycles. The zero-order valence-electron chi connectivity index (χ0n) is 28.8. The third-order valence-corrected chi connectivity index (χ3v) is 10.9. The monoisotopic (exact) mass is 735 g/mol. The predicted molar refractivity (Wildman–Crippen MR) is 199 cm³/mol. The number of imide groups is 1. The van der Waals surface area contributed by atoms with E-state index in [0.717, 1.165) is 31.6 Å². The first-order chi connectivity index (χ1) is 24.4. The van der Waals surface area contributed by atoms with Crippen LogP contribution in [0.25, 0.3) is 0 Å². The van der Waals surface area contributed by atoms with Gasteiger partial charge in [0.05, 0.1) is 36.6 Å². The van der Waals surface area contributed by atoms with E-state index in [1.165, 1.54) is 17.3 Å². The fraction of sp³-hybridized carbons (Fsp3) is 0.343. The first-order valence-corrected chi connectivity index (χ1v) is 19.5. The van der Waals surface area contributed by atoms with Gasteiger partial charge in [-0.25, -0.2) is 14.8 Å². The minimum Gasteiger partial charge on any atom is -0.494 e. The van der Waals surface area contributed by atoms with Gasteiger partial charge in [0.2, 0.25) is 17.8 Å². The molecule has 6 rings (SSSR count). The molecule has 16 heteroatoms. The number of anilines is 6. The number of hydrogen-bond donors (Lipinski definition) is 3. The second kappa shape index (κ2) is 15.2. The SMILES string of the molecule is COc1cc(N2CCC(N(C)Cc3cc(N4CCC(=O)NC4=O)cnc3F)CC2)ccc1Nc1ncc(Cl)c(Nc2ccccc2P(C)(C)=O)n1. The fourth-order valence-corrected chi connectivity index (χ4v) is 7.60. The standard InChI is InChI=1S/C35H40ClFN9O4P/c1-44(21-22-17-25(19-38-32(22)37)46-16-13-31(47)42-35(46)48)23-11-14-45(15-12-23)24-9-10-27(29(18-24)50-2)41-34-39-20-26(36)33(43-34)40-28-7-5-6-8-30(28)51(3,4)49/h5-10,17-20,23H,11-16,21H2,1-4H3,(H,42,47,48)(H2,39,40,41,43). The lowest BCUT2D eigenvalue weighted by Gasteiger charge is -2.38. The van der Waals surface area contributed by atoms with Crippen LogP contribution in [0.4, 0.5) is 43.7 Å². The van der Waals surface area contributed by atoms with Gasteiger partial charge in [0, 0.05) is 61.3 Å². The van der Waals surface area contributed by atoms with Gasteiger partial charge >= 0.3 is 6.03 Å². The number of urea groups is 1. The number of carbonyl (C=O) groups excluding carboxylic acids is 2. The molecule has 2 aromatic carbocycles. The molecule has 2 saturated heterocycles. The average molecular weight is 736 g/mol. The molecule has 0 spiro atoms. The second-order valence-electron chi connectivity index (χ2n) is 12.9. The van der Waals surface area contributed by atoms with Crippen molar-refractivity contribution < 1.29 is 23.3 Å². The van der Waals surface area contributed by atoms with Crippen molar-refractivity contribution in [3.05, 3.63) is 77.5 Å². The summed E-state index contributed by atoms with van der Waals surface area (Å²) in [6, 6.07) is 14.6. The first kappa shape index (κ1) is 36.0. The van der Waals surface area contributed by atoms with Crippen molar-refractivity contribution in [2.75, 3.05) is 67.6 Å². The van der Waals surface area contributed by atoms with Crippen molar-refractivity contribution in [1.82, 2.24) is 25.2 Å². The molecule has 0 saturated carbocycles. The number of ether oxygens (including phenoxy) is 1. The molecule has 268 valence electrons. The number of rotatable bonds is 11. The van der Waals surface area contributed by atoms with Gasteiger partial charge in [0.25, 0.3) is 0 Å². The molecule has 4 heterocycles. The lowest BCUT2D eigenvalue weighted by atomic mass is 10.0. The summed E-state index contributed by atoms with van der Waals surface area (Å²) in [5, 5.41) is 9.75. The molecule has 2 fully saturated rings. The largest absolute Gasteiger partial charge is 0.494 e. The topological polar surface area (TPSA) is 145 Å². The lowest BCUT2D eigenvalue weighted by Crippen LogP contribution is -2.49. The van der Waals surface area contributed by atoms with Gasteiger partial charge in [-0.15, -0.1) is 0 Å². The summed E-state index contributed by atoms with van der Waals surface area (Å²) in [6.45, 7) is 5.55. The molecule has 4 aromatic rings. The fourth-order valence-electron chi connectivity index (χ4n) is 6.30. The Labute approximate surface area is 300 Å². The van der Waals surface area contributed by atoms with E-state index in [2.05, 4.69) is 40.7 Å². The van der Waals surface area contributed by atoms with Crippen LogP contribution < -0.4 is 35.8 Å². The minimum absolute atomic E-state index is 0.178. The average Bonchev–Trinajstić information content (AvgIpc) is 3.11. The molecule has 51 heavy (non-hydrogen) atoms. The lowest BCUT2D eigenvalue weighted by molar-refractivity contribution is -0.120. The summed E-state index contributed by atoms with van der Waals surface area (Å²) < 4.78 is 33.4. The van der Waals surface area contributed by atoms with Gasteiger partial charge in [-0.2, -0.15) is 9.37 Å². The summed E-state index contributed by atoms with van der Waals surface area (Å²) in [5.74, 6) is 0.375. The van der Waals surface area contributed by atoms with Gasteiger partial charge < -0.3 is 24.8 Å². The van der Waals surface area contributed by atoms with Crippen molar-refractivity contribution in [2.45, 2.75) is 31.8 Å². The van der Waals surface area contributed by atoms with Crippen molar-refractivity contribution in [2.24, 2.45) is 0 Å². The maximum absolute atomic E-state index is 14.8. The maximum atomic E-state index is 14.8. The van der Waals surface area contributed by atoms with Crippen molar-refractivity contribution in [1.29, 1.82) is 0 Å². The number of piperidine rings is 1. The van der Waals surface area contributed by atoms with Gasteiger partial charge in [-0.05, 0) is 63.6 Å². The van der Waals surface area contributed by atoms with Crippen LogP contribution >= 0.6 is 18.7 Å². The van der Waals surface area contributed by atoms with E-state index in [1.807, 2.05) is 49.5 Å². The Hall–Kier alpha value is -4.78. The van der Waals surface area contributed by atoms with Crippen molar-refractivity contribution in [3.63, 3.8) is 0 Å². The van der Waals surface area contributed by atoms with Gasteiger partial charge in [-0.3, -0.25) is 19.9 Å². The van der Waals surface area contributed by atoms with E-state index in [-0.39, 0.29) is 24.9 Å². The Kier molecular flexibility index (Phi) is 10.8. The normalized spacial score (nSPS) is 15.6. The number of benzene rings is 2. The van der Waals surface area contributed by atoms with E-state index in [9.17, 15) is 18.5 Å². The van der Waals surface area contributed by atoms with E-state index in [4.69, 9.17) is 16.3 Å². The van der Waals surface area contributed by atoms with Crippen LogP contribution in [0.5, 0.6) is 5.75 Å². The maximum Gasteiger partial charge on any atom is 0.328 e. The predicted octanol–water partition coefficient (Wildman–Crippen LogP) is 5.96. The number of halogens is 2. The van der Waals surface area contributed by atoms with Gasteiger partial charge in [0.1, 0.15) is 17.9 Å². The zero-order valence-corrected chi connectivity index (χ0v) is 30.5. The molecule has 2 aromatic heterocycles. The van der Waals surface area contributed by atoms with E-state index < -0.39 is 19.1 Å². The molecule has 2 aliphatic heterocycles. The highest BCUT2D eigenvalue weighted by Gasteiger charge is 2.27. The number of nitrogens with zero attached hydrogens (tertiary/aromatic N) is 6. The van der Waals surface area contributed by atoms with E-state index >= 15 is 0 Å². The molecule has 0 atom stereocenters. The Morgan fingerprint density at radius 3 is 2.51 bits per heavy atom. The summed E-state index contributed by atoms with van der Waals surface area (Å²) in [5.41, 5.74) is 3.18. The van der Waals surface area contributed by atoms with Crippen LogP contribution in [0, 0.1) is 5.95 Å². The Balaban J connectivity index is 1.08. The molecule has 0 radical (unpaired) electrons. The third-order valence-electron chi connectivity index (χ3n) is 9.05. The van der Waals surface area contributed by atoms with Crippen molar-refractivity contribution in [3.8, 4) is 5.75 Å². The van der Waals surface area contributed by atoms with Gasteiger partial charge in [-0.1, -0.05) is 23.7 Å². The highest BCUT2D eigenvalue weighted by atomic mass is 35.5. The smallest absolute Gasteiger partial charge is 0.328 e. The Morgan fingerprint density at radius 2 is 1.78 bits per heavy atom. The molecule has 0 unspecified atom stereocenters. The molecule has 0 bridgehead atoms. The number of methoxy groups -OCH3 is 1. The van der Waals surface area contributed by atoms with Gasteiger partial charge in [0.15, 0.2) is 5.82 Å². The van der Waals surface area contributed by atoms with E-state index in [1.54, 1.807) is 26.5 Å². The summed E-state index contributed by atoms with van der Waals surface area (Å²) in [7, 11) is 1.01. The quantitative estimate of drug-likeness (QED) is 0.124. The number of carbonyl (C=O) groups is 2. The zero-order chi connectivity index (χ0) is 36.3. The minimum atomic E-state index is -2.56. The summed E-state index contributed by atoms with van der Waals surface area (Å²) >= 11 is 6.44. The number of aromatic nitrogens is 3. The highest BCUT2D eigenvalue weighted by Crippen LogP contribution is 2.39. The number of hydrogen-bond acceptors (Lipinski definition) is 11. The molecule has 13 nitrogen and oxygen atoms in total. The third kappa shape index (κ3) is 8.41. The molecule has 2 aliphatic rings. The van der Waals surface area contributed by atoms with Crippen LogP contribution in [0.3, 0.4) is 0 Å². The highest BCUT2D eigenvalue weighted by molar-refractivity contribution is 7.70. The summed E-state index contributed by atoms with van der Waals surface area (Å²) in [4.78, 5) is 42.5. The summed E-state index contributed by atoms with van der Waals surface area (Å²) in [6.07, 6.45) is 4.70. The second-order valence-corrected chi connectivity index (χ2v) is 16.5. The Morgan fingerprint density at radius 1 is 1.02 bits per heavy atom. The van der Waals surface area contributed by atoms with Crippen LogP contribution in [0.15, 0.2) is 60.9 Å². The van der Waals surface area contributed by atoms with Crippen LogP contribution in [-0.2, 0) is 15.9 Å². The molecular weight excluding hydrogens is 696 g/mol. The van der Waals surface area contributed by atoms with E-state index in [0.29, 0.717) is 57.0 Å². The number of para-hydroxylation sites is 1. The molecule has 3 N–H and O–H groups in total.